The Bertz CT molecular complexity index is 1640. The normalized spacial score (nSPS) is 20.2. The zero-order valence-electron chi connectivity index (χ0n) is 22.2. The molecule has 3 atom stereocenters. The van der Waals surface area contributed by atoms with Gasteiger partial charge >= 0.3 is 11.9 Å². The molecular formula is C29H28N6O5. The van der Waals surface area contributed by atoms with Crippen LogP contribution in [-0.2, 0) is 14.2 Å². The Balaban J connectivity index is 1.48. The number of nitrogen functional groups attached to an aromatic ring is 2. The smallest absolute Gasteiger partial charge is 0.338 e. The van der Waals surface area contributed by atoms with Gasteiger partial charge in [-0.2, -0.15) is 15.1 Å². The molecule has 1 fully saturated rings. The summed E-state index contributed by atoms with van der Waals surface area (Å²) >= 11 is 0. The quantitative estimate of drug-likeness (QED) is 0.275. The van der Waals surface area contributed by atoms with Crippen LogP contribution in [0.1, 0.15) is 50.2 Å². The lowest BCUT2D eigenvalue weighted by Gasteiger charge is -2.28. The van der Waals surface area contributed by atoms with Crippen molar-refractivity contribution in [2.45, 2.75) is 45.1 Å². The number of nitrogens with two attached hydrogens (primary N) is 2. The second kappa shape index (κ2) is 10.3. The molecule has 204 valence electrons. The van der Waals surface area contributed by atoms with E-state index in [1.54, 1.807) is 55.5 Å². The van der Waals surface area contributed by atoms with E-state index >= 15 is 0 Å². The van der Waals surface area contributed by atoms with Crippen LogP contribution in [0.15, 0.2) is 48.5 Å². The maximum atomic E-state index is 13.1. The second-order valence-corrected chi connectivity index (χ2v) is 9.74. The van der Waals surface area contributed by atoms with E-state index in [0.29, 0.717) is 27.9 Å². The molecule has 0 unspecified atom stereocenters. The van der Waals surface area contributed by atoms with E-state index in [0.717, 1.165) is 11.1 Å². The van der Waals surface area contributed by atoms with Gasteiger partial charge in [0.15, 0.2) is 18.0 Å². The molecule has 3 heterocycles. The lowest BCUT2D eigenvalue weighted by atomic mass is 9.98. The van der Waals surface area contributed by atoms with E-state index in [1.807, 2.05) is 13.8 Å². The summed E-state index contributed by atoms with van der Waals surface area (Å²) in [5, 5.41) is 5.05. The summed E-state index contributed by atoms with van der Waals surface area (Å²) in [4.78, 5) is 34.3. The summed E-state index contributed by atoms with van der Waals surface area (Å²) in [7, 11) is 0. The van der Waals surface area contributed by atoms with Gasteiger partial charge in [0, 0.05) is 6.42 Å². The van der Waals surface area contributed by atoms with Gasteiger partial charge in [0.1, 0.15) is 12.4 Å². The average Bonchev–Trinajstić information content (AvgIpc) is 3.45. The Morgan fingerprint density at radius 3 is 2.23 bits per heavy atom. The van der Waals surface area contributed by atoms with Gasteiger partial charge < -0.3 is 25.7 Å². The van der Waals surface area contributed by atoms with Crippen LogP contribution in [0.5, 0.6) is 0 Å². The number of hydrogen-bond donors (Lipinski definition) is 2. The van der Waals surface area contributed by atoms with Gasteiger partial charge in [-0.15, -0.1) is 6.42 Å². The first-order valence-electron chi connectivity index (χ1n) is 12.5. The van der Waals surface area contributed by atoms with Crippen molar-refractivity contribution in [3.05, 3.63) is 76.5 Å². The fourth-order valence-electron chi connectivity index (χ4n) is 4.62. The van der Waals surface area contributed by atoms with Crippen LogP contribution in [0.4, 0.5) is 11.8 Å². The summed E-state index contributed by atoms with van der Waals surface area (Å²) in [5.74, 6) is 1.52. The largest absolute Gasteiger partial charge is 0.458 e. The molecular weight excluding hydrogens is 512 g/mol. The number of ether oxygens (including phenoxy) is 3. The molecule has 1 aliphatic rings. The SMILES string of the molecule is C#C[C@]1(COC(=O)c2ccc(C)cc2)O[C@@H](n2nc(C)c3c(N)nc(N)nc32)C[C@@H]1OC(=O)c1ccc(C)cc1. The Morgan fingerprint density at radius 1 is 1.02 bits per heavy atom. The highest BCUT2D eigenvalue weighted by Gasteiger charge is 2.53. The van der Waals surface area contributed by atoms with Crippen molar-refractivity contribution in [3.8, 4) is 12.3 Å². The molecule has 0 amide bonds. The third-order valence-electron chi connectivity index (χ3n) is 6.81. The first-order valence-corrected chi connectivity index (χ1v) is 12.5. The first-order chi connectivity index (χ1) is 19.1. The molecule has 4 aromatic rings. The fourth-order valence-corrected chi connectivity index (χ4v) is 4.62. The van der Waals surface area contributed by atoms with Crippen molar-refractivity contribution in [1.29, 1.82) is 0 Å². The van der Waals surface area contributed by atoms with Crippen molar-refractivity contribution in [2.24, 2.45) is 0 Å². The number of esters is 2. The molecule has 1 aliphatic heterocycles. The molecule has 2 aromatic carbocycles. The summed E-state index contributed by atoms with van der Waals surface area (Å²) in [6, 6.07) is 13.8. The summed E-state index contributed by atoms with van der Waals surface area (Å²) < 4.78 is 19.3. The molecule has 11 nitrogen and oxygen atoms in total. The van der Waals surface area contributed by atoms with Crippen LogP contribution in [0.25, 0.3) is 11.0 Å². The number of fused-ring (bicyclic) bond motifs is 1. The molecule has 0 saturated carbocycles. The van der Waals surface area contributed by atoms with E-state index in [1.165, 1.54) is 4.68 Å². The maximum absolute atomic E-state index is 13.1. The summed E-state index contributed by atoms with van der Waals surface area (Å²) in [5.41, 5.74) is 13.9. The number of nitrogens with zero attached hydrogens (tertiary/aromatic N) is 4. The molecule has 0 aliphatic carbocycles. The van der Waals surface area contributed by atoms with Crippen molar-refractivity contribution < 1.29 is 23.8 Å². The van der Waals surface area contributed by atoms with Gasteiger partial charge in [-0.05, 0) is 45.0 Å². The minimum absolute atomic E-state index is 0.0401. The van der Waals surface area contributed by atoms with Crippen molar-refractivity contribution in [2.75, 3.05) is 18.1 Å². The molecule has 0 bridgehead atoms. The van der Waals surface area contributed by atoms with Gasteiger partial charge in [-0.25, -0.2) is 14.3 Å². The number of carbonyl (C=O) groups is 2. The predicted molar refractivity (Wildman–Crippen MR) is 147 cm³/mol. The maximum Gasteiger partial charge on any atom is 0.338 e. The minimum atomic E-state index is -1.62. The third kappa shape index (κ3) is 4.92. The van der Waals surface area contributed by atoms with Crippen molar-refractivity contribution in [3.63, 3.8) is 0 Å². The van der Waals surface area contributed by atoms with Crippen molar-refractivity contribution in [1.82, 2.24) is 19.7 Å². The monoisotopic (exact) mass is 540 g/mol. The number of rotatable bonds is 6. The number of benzene rings is 2. The lowest BCUT2D eigenvalue weighted by molar-refractivity contribution is -0.0992. The van der Waals surface area contributed by atoms with Crippen LogP contribution in [-0.4, -0.2) is 50.0 Å². The highest BCUT2D eigenvalue weighted by molar-refractivity contribution is 5.90. The topological polar surface area (TPSA) is 157 Å². The number of aryl methyl sites for hydroxylation is 3. The number of hydrogen-bond acceptors (Lipinski definition) is 10. The molecule has 0 spiro atoms. The van der Waals surface area contributed by atoms with Gasteiger partial charge in [0.2, 0.25) is 11.5 Å². The predicted octanol–water partition coefficient (Wildman–Crippen LogP) is 3.29. The molecule has 0 radical (unpaired) electrons. The highest BCUT2D eigenvalue weighted by atomic mass is 16.6. The minimum Gasteiger partial charge on any atom is -0.458 e. The van der Waals surface area contributed by atoms with Gasteiger partial charge in [-0.1, -0.05) is 41.3 Å². The van der Waals surface area contributed by atoms with Crippen LogP contribution in [0.2, 0.25) is 0 Å². The second-order valence-electron chi connectivity index (χ2n) is 9.74. The van der Waals surface area contributed by atoms with E-state index in [9.17, 15) is 9.59 Å². The Morgan fingerprint density at radius 2 is 1.62 bits per heavy atom. The van der Waals surface area contributed by atoms with Crippen LogP contribution in [0, 0.1) is 33.1 Å². The number of terminal acetylenes is 1. The van der Waals surface area contributed by atoms with Crippen LogP contribution < -0.4 is 11.5 Å². The first kappa shape index (κ1) is 26.6. The zero-order chi connectivity index (χ0) is 28.6. The van der Waals surface area contributed by atoms with Gasteiger partial charge in [0.05, 0.1) is 22.2 Å². The zero-order valence-corrected chi connectivity index (χ0v) is 22.2. The number of anilines is 2. The van der Waals surface area contributed by atoms with E-state index in [4.69, 9.17) is 32.1 Å². The number of aromatic nitrogens is 4. The van der Waals surface area contributed by atoms with Crippen LogP contribution >= 0.6 is 0 Å². The van der Waals surface area contributed by atoms with E-state index in [2.05, 4.69) is 21.0 Å². The standard InChI is InChI=1S/C29H28N6O5/c1-5-29(15-38-26(36)19-10-6-16(2)7-11-19)21(39-27(37)20-12-8-17(3)9-13-20)14-22(40-29)35-25-23(18(4)34-35)24(30)32-28(31)33-25/h1,6-13,21-22H,14-15H2,2-4H3,(H4,30,31,32,33)/t21-,22+,29+/m0/s1. The molecule has 5 rings (SSSR count). The Labute approximate surface area is 230 Å². The Kier molecular flexibility index (Phi) is 6.87. The summed E-state index contributed by atoms with van der Waals surface area (Å²) in [6.45, 7) is 5.19. The van der Waals surface area contributed by atoms with E-state index in [-0.39, 0.29) is 24.8 Å². The van der Waals surface area contributed by atoms with Gasteiger partial charge in [-0.3, -0.25) is 0 Å². The van der Waals surface area contributed by atoms with E-state index < -0.39 is 29.9 Å². The highest BCUT2D eigenvalue weighted by Crippen LogP contribution is 2.41. The molecule has 1 saturated heterocycles. The van der Waals surface area contributed by atoms with Crippen molar-refractivity contribution >= 4 is 34.7 Å². The lowest BCUT2D eigenvalue weighted by Crippen LogP contribution is -2.45. The molecule has 4 N–H and O–H groups in total. The molecule has 40 heavy (non-hydrogen) atoms. The fraction of sp³-hybridized carbons (Fsp3) is 0.276. The van der Waals surface area contributed by atoms with Gasteiger partial charge in [0.25, 0.3) is 0 Å². The third-order valence-corrected chi connectivity index (χ3v) is 6.81. The number of carbonyl (C=O) groups excluding carboxylic acids is 2. The molecule has 2 aromatic heterocycles. The van der Waals surface area contributed by atoms with Crippen LogP contribution in [0.3, 0.4) is 0 Å². The Hall–Kier alpha value is -4.95. The average molecular weight is 541 g/mol. The summed E-state index contributed by atoms with van der Waals surface area (Å²) in [6.07, 6.45) is 4.23. The molecule has 11 heteroatoms.